The summed E-state index contributed by atoms with van der Waals surface area (Å²) in [5.74, 6) is 0.544. The molecule has 1 N–H and O–H groups in total. The Morgan fingerprint density at radius 1 is 1.20 bits per heavy atom. The maximum Gasteiger partial charge on any atom is 0.0745 e. The zero-order chi connectivity index (χ0) is 11.9. The van der Waals surface area contributed by atoms with Crippen molar-refractivity contribution in [1.82, 2.24) is 0 Å². The molecule has 0 aliphatic heterocycles. The zero-order valence-electron chi connectivity index (χ0n) is 11.0. The Balaban J connectivity index is 3.85. The molecule has 0 radical (unpaired) electrons. The normalized spacial score (nSPS) is 16.4. The van der Waals surface area contributed by atoms with Crippen molar-refractivity contribution in [1.29, 1.82) is 0 Å². The molecule has 0 aliphatic rings. The fourth-order valence-electron chi connectivity index (χ4n) is 1.53. The second-order valence-electron chi connectivity index (χ2n) is 5.16. The molecule has 2 unspecified atom stereocenters. The van der Waals surface area contributed by atoms with Gasteiger partial charge in [0.15, 0.2) is 0 Å². The predicted molar refractivity (Wildman–Crippen MR) is 65.0 cm³/mol. The van der Waals surface area contributed by atoms with Crippen molar-refractivity contribution in [3.63, 3.8) is 0 Å². The molecule has 0 heterocycles. The molecule has 2 atom stereocenters. The van der Waals surface area contributed by atoms with Crippen LogP contribution in [0.4, 0.5) is 0 Å². The minimum Gasteiger partial charge on any atom is -0.391 e. The van der Waals surface area contributed by atoms with E-state index in [9.17, 15) is 5.11 Å². The van der Waals surface area contributed by atoms with Gasteiger partial charge in [0.25, 0.3) is 0 Å². The van der Waals surface area contributed by atoms with E-state index < -0.39 is 0 Å². The lowest BCUT2D eigenvalue weighted by Gasteiger charge is -2.32. The van der Waals surface area contributed by atoms with E-state index in [4.69, 9.17) is 4.74 Å². The third-order valence-corrected chi connectivity index (χ3v) is 3.12. The first-order valence-electron chi connectivity index (χ1n) is 6.22. The van der Waals surface area contributed by atoms with Crippen LogP contribution in [0.3, 0.4) is 0 Å². The summed E-state index contributed by atoms with van der Waals surface area (Å²) in [4.78, 5) is 0. The lowest BCUT2D eigenvalue weighted by atomic mass is 9.88. The molecular weight excluding hydrogens is 188 g/mol. The van der Waals surface area contributed by atoms with E-state index in [2.05, 4.69) is 27.7 Å². The van der Waals surface area contributed by atoms with Crippen molar-refractivity contribution in [2.75, 3.05) is 6.61 Å². The van der Waals surface area contributed by atoms with Gasteiger partial charge < -0.3 is 9.84 Å². The van der Waals surface area contributed by atoms with Crippen LogP contribution in [0, 0.1) is 5.92 Å². The van der Waals surface area contributed by atoms with Crippen molar-refractivity contribution in [2.45, 2.75) is 72.0 Å². The highest BCUT2D eigenvalue weighted by Crippen LogP contribution is 2.26. The maximum absolute atomic E-state index is 9.19. The van der Waals surface area contributed by atoms with Gasteiger partial charge in [-0.1, -0.05) is 33.1 Å². The molecule has 15 heavy (non-hydrogen) atoms. The van der Waals surface area contributed by atoms with Crippen LogP contribution in [0.2, 0.25) is 0 Å². The molecular formula is C13H28O2. The molecule has 0 aromatic carbocycles. The monoisotopic (exact) mass is 216 g/mol. The van der Waals surface area contributed by atoms with Crippen LogP contribution in [0.5, 0.6) is 0 Å². The van der Waals surface area contributed by atoms with Crippen molar-refractivity contribution in [2.24, 2.45) is 5.92 Å². The first-order chi connectivity index (χ1) is 6.90. The first kappa shape index (κ1) is 14.9. The van der Waals surface area contributed by atoms with Gasteiger partial charge in [-0.25, -0.2) is 0 Å². The Hall–Kier alpha value is -0.0800. The van der Waals surface area contributed by atoms with Crippen molar-refractivity contribution < 1.29 is 9.84 Å². The van der Waals surface area contributed by atoms with Crippen LogP contribution in [-0.2, 0) is 4.74 Å². The maximum atomic E-state index is 9.19. The van der Waals surface area contributed by atoms with Crippen molar-refractivity contribution in [3.05, 3.63) is 0 Å². The summed E-state index contributed by atoms with van der Waals surface area (Å²) in [6.07, 6.45) is 4.69. The molecule has 0 rings (SSSR count). The Bertz CT molecular complexity index is 153. The number of hydrogen-bond donors (Lipinski definition) is 1. The number of ether oxygens (including phenoxy) is 1. The summed E-state index contributed by atoms with van der Waals surface area (Å²) in [6, 6.07) is 0. The molecule has 2 nitrogen and oxygen atoms in total. The fourth-order valence-corrected chi connectivity index (χ4v) is 1.53. The topological polar surface area (TPSA) is 29.5 Å². The smallest absolute Gasteiger partial charge is 0.0745 e. The average Bonchev–Trinajstić information content (AvgIpc) is 2.15. The third-order valence-electron chi connectivity index (χ3n) is 3.12. The number of unbranched alkanes of at least 4 members (excludes halogenated alkanes) is 2. The van der Waals surface area contributed by atoms with Crippen molar-refractivity contribution >= 4 is 0 Å². The van der Waals surface area contributed by atoms with E-state index >= 15 is 0 Å². The highest BCUT2D eigenvalue weighted by Gasteiger charge is 2.26. The minimum absolute atomic E-state index is 0.120. The average molecular weight is 216 g/mol. The lowest BCUT2D eigenvalue weighted by Crippen LogP contribution is -2.35. The summed E-state index contributed by atoms with van der Waals surface area (Å²) >= 11 is 0. The second-order valence-corrected chi connectivity index (χ2v) is 5.16. The molecule has 0 spiro atoms. The zero-order valence-corrected chi connectivity index (χ0v) is 11.0. The Labute approximate surface area is 95.0 Å². The van der Waals surface area contributed by atoms with E-state index in [1.165, 1.54) is 25.7 Å². The van der Waals surface area contributed by atoms with Gasteiger partial charge in [-0.15, -0.1) is 0 Å². The molecule has 2 heteroatoms. The van der Waals surface area contributed by atoms with Crippen LogP contribution in [0.25, 0.3) is 0 Å². The SMILES string of the molecule is CCCCCC(C)C(C)(C)OCC(C)O. The van der Waals surface area contributed by atoms with Gasteiger partial charge in [0, 0.05) is 0 Å². The Kier molecular flexibility index (Phi) is 7.20. The molecule has 0 aliphatic carbocycles. The van der Waals surface area contributed by atoms with Gasteiger partial charge in [-0.05, 0) is 33.1 Å². The van der Waals surface area contributed by atoms with E-state index in [0.29, 0.717) is 12.5 Å². The molecule has 92 valence electrons. The third kappa shape index (κ3) is 6.91. The number of rotatable bonds is 8. The standard InChI is InChI=1S/C13H28O2/c1-6-7-8-9-11(2)13(4,5)15-10-12(3)14/h11-12,14H,6-10H2,1-5H3. The van der Waals surface area contributed by atoms with Gasteiger partial charge in [-0.3, -0.25) is 0 Å². The van der Waals surface area contributed by atoms with E-state index in [0.717, 1.165) is 0 Å². The molecule has 0 amide bonds. The van der Waals surface area contributed by atoms with E-state index in [1.54, 1.807) is 6.92 Å². The van der Waals surface area contributed by atoms with Crippen molar-refractivity contribution in [3.8, 4) is 0 Å². The van der Waals surface area contributed by atoms with Gasteiger partial charge in [0.1, 0.15) is 0 Å². The first-order valence-corrected chi connectivity index (χ1v) is 6.22. The van der Waals surface area contributed by atoms with Crippen LogP contribution >= 0.6 is 0 Å². The van der Waals surface area contributed by atoms with Gasteiger partial charge in [-0.2, -0.15) is 0 Å². The largest absolute Gasteiger partial charge is 0.391 e. The van der Waals surface area contributed by atoms with Crippen LogP contribution in [0.15, 0.2) is 0 Å². The summed E-state index contributed by atoms with van der Waals surface area (Å²) in [7, 11) is 0. The van der Waals surface area contributed by atoms with Crippen LogP contribution < -0.4 is 0 Å². The number of aliphatic hydroxyl groups is 1. The Morgan fingerprint density at radius 2 is 1.80 bits per heavy atom. The van der Waals surface area contributed by atoms with Crippen LogP contribution in [-0.4, -0.2) is 23.4 Å². The number of hydrogen-bond acceptors (Lipinski definition) is 2. The molecule has 0 aromatic rings. The minimum atomic E-state index is -0.368. The summed E-state index contributed by atoms with van der Waals surface area (Å²) in [5.41, 5.74) is -0.120. The summed E-state index contributed by atoms with van der Waals surface area (Å²) in [5, 5.41) is 9.19. The van der Waals surface area contributed by atoms with Gasteiger partial charge >= 0.3 is 0 Å². The quantitative estimate of drug-likeness (QED) is 0.630. The summed E-state index contributed by atoms with van der Waals surface area (Å²) in [6.45, 7) is 10.9. The highest BCUT2D eigenvalue weighted by atomic mass is 16.5. The van der Waals surface area contributed by atoms with Gasteiger partial charge in [0.05, 0.1) is 18.3 Å². The molecule has 0 saturated heterocycles. The van der Waals surface area contributed by atoms with E-state index in [1.807, 2.05) is 0 Å². The summed E-state index contributed by atoms with van der Waals surface area (Å²) < 4.78 is 5.73. The van der Waals surface area contributed by atoms with Gasteiger partial charge in [0.2, 0.25) is 0 Å². The van der Waals surface area contributed by atoms with Crippen LogP contribution in [0.1, 0.15) is 60.3 Å². The molecule has 0 fully saturated rings. The van der Waals surface area contributed by atoms with E-state index in [-0.39, 0.29) is 11.7 Å². The second kappa shape index (κ2) is 7.24. The molecule has 0 saturated carbocycles. The predicted octanol–water partition coefficient (Wildman–Crippen LogP) is 3.38. The molecule has 0 aromatic heterocycles. The Morgan fingerprint density at radius 3 is 2.27 bits per heavy atom. The lowest BCUT2D eigenvalue weighted by molar-refractivity contribution is -0.0855. The molecule has 0 bridgehead atoms. The fraction of sp³-hybridized carbons (Fsp3) is 1.00. The number of aliphatic hydroxyl groups excluding tert-OH is 1. The highest BCUT2D eigenvalue weighted by molar-refractivity contribution is 4.76.